The predicted molar refractivity (Wildman–Crippen MR) is 108 cm³/mol. The fourth-order valence-electron chi connectivity index (χ4n) is 2.91. The van der Waals surface area contributed by atoms with Crippen molar-refractivity contribution in [2.45, 2.75) is 46.5 Å². The van der Waals surface area contributed by atoms with Crippen molar-refractivity contribution < 1.29 is 19.1 Å². The van der Waals surface area contributed by atoms with E-state index < -0.39 is 0 Å². The summed E-state index contributed by atoms with van der Waals surface area (Å²) in [6.07, 6.45) is 4.33. The molecule has 0 saturated carbocycles. The molecule has 0 amide bonds. The molecule has 0 aliphatic carbocycles. The molecule has 0 bridgehead atoms. The van der Waals surface area contributed by atoms with E-state index in [9.17, 15) is 4.79 Å². The number of hydrogen-bond acceptors (Lipinski definition) is 7. The van der Waals surface area contributed by atoms with Crippen LogP contribution in [0.15, 0.2) is 18.3 Å². The van der Waals surface area contributed by atoms with Crippen molar-refractivity contribution in [1.29, 1.82) is 0 Å². The number of nitrogens with two attached hydrogens (primary N) is 1. The maximum Gasteiger partial charge on any atom is 0.308 e. The zero-order chi connectivity index (χ0) is 20.5. The summed E-state index contributed by atoms with van der Waals surface area (Å²) in [5.74, 6) is 6.09. The van der Waals surface area contributed by atoms with Crippen LogP contribution in [0.2, 0.25) is 0 Å². The molecule has 2 aromatic rings. The third-order valence-corrected chi connectivity index (χ3v) is 4.25. The third kappa shape index (κ3) is 6.65. The zero-order valence-electron chi connectivity index (χ0n) is 17.1. The molecule has 0 fully saturated rings. The number of nitrogens with zero attached hydrogens (tertiary/aromatic N) is 3. The van der Waals surface area contributed by atoms with E-state index in [2.05, 4.69) is 23.0 Å². The van der Waals surface area contributed by atoms with Gasteiger partial charge < -0.3 is 14.3 Å². The first-order valence-electron chi connectivity index (χ1n) is 9.58. The Morgan fingerprint density at radius 2 is 2.18 bits per heavy atom. The summed E-state index contributed by atoms with van der Waals surface area (Å²) in [5.41, 5.74) is 2.94. The Morgan fingerprint density at radius 3 is 2.86 bits per heavy atom. The Morgan fingerprint density at radius 1 is 1.39 bits per heavy atom. The van der Waals surface area contributed by atoms with Gasteiger partial charge in [0.25, 0.3) is 0 Å². The van der Waals surface area contributed by atoms with Gasteiger partial charge >= 0.3 is 5.97 Å². The molecule has 2 N–H and O–H groups in total. The molecule has 0 radical (unpaired) electrons. The molecule has 8 nitrogen and oxygen atoms in total. The smallest absolute Gasteiger partial charge is 0.308 e. The topological polar surface area (TPSA) is 101 Å². The molecule has 1 unspecified atom stereocenters. The third-order valence-electron chi connectivity index (χ3n) is 4.25. The van der Waals surface area contributed by atoms with Crippen molar-refractivity contribution in [3.63, 3.8) is 0 Å². The van der Waals surface area contributed by atoms with Crippen LogP contribution in [0.5, 0.6) is 11.5 Å². The summed E-state index contributed by atoms with van der Waals surface area (Å²) in [4.78, 5) is 16.0. The molecule has 1 atom stereocenters. The molecule has 28 heavy (non-hydrogen) atoms. The highest BCUT2D eigenvalue weighted by atomic mass is 16.6. The van der Waals surface area contributed by atoms with Crippen LogP contribution >= 0.6 is 0 Å². The number of esters is 1. The largest absolute Gasteiger partial charge is 0.490 e. The maximum atomic E-state index is 11.4. The first kappa shape index (κ1) is 21.9. The molecular formula is C19H29BN4O4. The van der Waals surface area contributed by atoms with Gasteiger partial charge in [-0.2, -0.15) is 0 Å². The van der Waals surface area contributed by atoms with Gasteiger partial charge in [-0.3, -0.25) is 9.48 Å². The lowest BCUT2D eigenvalue weighted by Crippen LogP contribution is -2.16. The van der Waals surface area contributed by atoms with E-state index in [1.807, 2.05) is 32.2 Å². The lowest BCUT2D eigenvalue weighted by molar-refractivity contribution is -0.132. The van der Waals surface area contributed by atoms with Crippen LogP contribution in [0, 0.1) is 12.8 Å². The first-order valence-corrected chi connectivity index (χ1v) is 9.58. The molecular weight excluding hydrogens is 359 g/mol. The highest BCUT2D eigenvalue weighted by Gasteiger charge is 2.13. The van der Waals surface area contributed by atoms with Gasteiger partial charge in [-0.25, -0.2) is 5.90 Å². The number of aromatic nitrogens is 3. The lowest BCUT2D eigenvalue weighted by Gasteiger charge is -2.14. The molecule has 0 aliphatic heterocycles. The summed E-state index contributed by atoms with van der Waals surface area (Å²) in [7, 11) is 2.08. The number of aryl methyl sites for hydroxylation is 2. The molecule has 0 saturated heterocycles. The molecule has 1 aromatic heterocycles. The van der Waals surface area contributed by atoms with Gasteiger partial charge in [0.2, 0.25) is 0 Å². The number of rotatable bonds is 11. The zero-order valence-corrected chi connectivity index (χ0v) is 17.1. The van der Waals surface area contributed by atoms with Gasteiger partial charge in [0.1, 0.15) is 7.85 Å². The summed E-state index contributed by atoms with van der Waals surface area (Å²) in [5, 5.41) is 8.32. The minimum atomic E-state index is -0.358. The second-order valence-corrected chi connectivity index (χ2v) is 7.01. The highest BCUT2D eigenvalue weighted by molar-refractivity contribution is 6.08. The Kier molecular flexibility index (Phi) is 8.47. The first-order chi connectivity index (χ1) is 13.4. The summed E-state index contributed by atoms with van der Waals surface area (Å²) >= 11 is 0. The molecule has 1 aromatic carbocycles. The van der Waals surface area contributed by atoms with Gasteiger partial charge in [0, 0.05) is 25.6 Å². The van der Waals surface area contributed by atoms with Crippen LogP contribution in [0.25, 0.3) is 0 Å². The second kappa shape index (κ2) is 10.8. The summed E-state index contributed by atoms with van der Waals surface area (Å²) in [6.45, 7) is 7.01. The quantitative estimate of drug-likeness (QED) is 0.203. The highest BCUT2D eigenvalue weighted by Crippen LogP contribution is 2.33. The normalized spacial score (nSPS) is 12.0. The van der Waals surface area contributed by atoms with Gasteiger partial charge in [-0.05, 0) is 31.4 Å². The van der Waals surface area contributed by atoms with Crippen LogP contribution < -0.4 is 15.4 Å². The van der Waals surface area contributed by atoms with Crippen molar-refractivity contribution in [3.8, 4) is 11.5 Å². The molecule has 0 spiro atoms. The predicted octanol–water partition coefficient (Wildman–Crippen LogP) is 1.18. The van der Waals surface area contributed by atoms with Crippen molar-refractivity contribution >= 4 is 13.8 Å². The average molecular weight is 388 g/mol. The van der Waals surface area contributed by atoms with Crippen LogP contribution in [-0.2, 0) is 28.9 Å². The SMILES string of the molecule is BCc1cc(C)c(OC(C)=O)c(OCCCc2cn(CC(C)CON)nn2)c1. The van der Waals surface area contributed by atoms with Gasteiger partial charge in [-0.1, -0.05) is 30.1 Å². The lowest BCUT2D eigenvalue weighted by atomic mass is 9.95. The van der Waals surface area contributed by atoms with Gasteiger partial charge in [-0.15, -0.1) is 5.10 Å². The van der Waals surface area contributed by atoms with E-state index in [-0.39, 0.29) is 11.9 Å². The van der Waals surface area contributed by atoms with E-state index in [1.54, 1.807) is 4.68 Å². The Balaban J connectivity index is 1.90. The van der Waals surface area contributed by atoms with Crippen LogP contribution in [-0.4, -0.2) is 42.0 Å². The van der Waals surface area contributed by atoms with Crippen molar-refractivity contribution in [1.82, 2.24) is 15.0 Å². The Hall–Kier alpha value is -2.39. The average Bonchev–Trinajstić information content (AvgIpc) is 3.08. The fourth-order valence-corrected chi connectivity index (χ4v) is 2.91. The number of hydrogen-bond donors (Lipinski definition) is 1. The van der Waals surface area contributed by atoms with Crippen LogP contribution in [0.3, 0.4) is 0 Å². The van der Waals surface area contributed by atoms with E-state index in [1.165, 1.54) is 6.92 Å². The monoisotopic (exact) mass is 388 g/mol. The van der Waals surface area contributed by atoms with Crippen LogP contribution in [0.1, 0.15) is 37.1 Å². The second-order valence-electron chi connectivity index (χ2n) is 7.01. The number of carbonyl (C=O) groups excluding carboxylic acids is 1. The van der Waals surface area contributed by atoms with E-state index in [4.69, 9.17) is 15.4 Å². The number of benzene rings is 1. The Bertz CT molecular complexity index is 781. The van der Waals surface area contributed by atoms with Crippen molar-refractivity contribution in [3.05, 3.63) is 35.2 Å². The van der Waals surface area contributed by atoms with E-state index >= 15 is 0 Å². The minimum absolute atomic E-state index is 0.261. The van der Waals surface area contributed by atoms with Gasteiger partial charge in [0.05, 0.1) is 18.9 Å². The number of ether oxygens (including phenoxy) is 2. The Labute approximate surface area is 166 Å². The maximum absolute atomic E-state index is 11.4. The molecule has 0 aliphatic rings. The minimum Gasteiger partial charge on any atom is -0.490 e. The summed E-state index contributed by atoms with van der Waals surface area (Å²) < 4.78 is 13.1. The van der Waals surface area contributed by atoms with Crippen LogP contribution in [0.4, 0.5) is 0 Å². The van der Waals surface area contributed by atoms with E-state index in [0.717, 1.165) is 36.0 Å². The van der Waals surface area contributed by atoms with Crippen molar-refractivity contribution in [2.24, 2.45) is 11.8 Å². The fraction of sp³-hybridized carbons (Fsp3) is 0.526. The van der Waals surface area contributed by atoms with Crippen molar-refractivity contribution in [2.75, 3.05) is 13.2 Å². The molecule has 9 heteroatoms. The molecule has 152 valence electrons. The molecule has 1 heterocycles. The van der Waals surface area contributed by atoms with E-state index in [0.29, 0.717) is 31.3 Å². The standard InChI is InChI=1S/C19H29BN4O4/c1-13(12-27-21)10-24-11-17(22-23-24)5-4-6-26-18-8-16(9-20)7-14(2)19(18)28-15(3)25/h7-8,11,13H,4-6,9-10,12,20-21H2,1-3H3. The van der Waals surface area contributed by atoms with Gasteiger partial charge in [0.15, 0.2) is 11.5 Å². The molecule has 2 rings (SSSR count). The number of carbonyl (C=O) groups is 1. The summed E-state index contributed by atoms with van der Waals surface area (Å²) in [6, 6.07) is 3.95.